The van der Waals surface area contributed by atoms with Gasteiger partial charge in [-0.25, -0.2) is 5.43 Å². The number of carbonyl (C=O) groups is 5. The summed E-state index contributed by atoms with van der Waals surface area (Å²) in [6.45, 7) is 12.9. The highest BCUT2D eigenvalue weighted by Gasteiger charge is 2.44. The normalized spacial score (nSPS) is 23.4. The molecule has 358 valence electrons. The number of cyclic esters (lactones) is 1. The summed E-state index contributed by atoms with van der Waals surface area (Å²) in [7, 11) is 5.18. The summed E-state index contributed by atoms with van der Waals surface area (Å²) in [4.78, 5) is 80.0. The van der Waals surface area contributed by atoms with Crippen LogP contribution in [0.25, 0.3) is 33.3 Å². The average Bonchev–Trinajstić information content (AvgIpc) is 3.69. The minimum atomic E-state index is -1.15. The Balaban J connectivity index is 1.16. The molecule has 4 aliphatic rings. The third-order valence-electron chi connectivity index (χ3n) is 14.0. The van der Waals surface area contributed by atoms with E-state index in [2.05, 4.69) is 53.2 Å². The molecule has 6 heterocycles. The van der Waals surface area contributed by atoms with Crippen molar-refractivity contribution < 1.29 is 38.6 Å². The molecule has 3 fully saturated rings. The number of carbonyl (C=O) groups excluding carboxylic acids is 5. The summed E-state index contributed by atoms with van der Waals surface area (Å²) in [5.41, 5.74) is 9.78. The Morgan fingerprint density at radius 1 is 1.06 bits per heavy atom. The Kier molecular flexibility index (Phi) is 13.8. The summed E-state index contributed by atoms with van der Waals surface area (Å²) >= 11 is 0. The standard InChI is InChI=1S/C51H66N8O8/c1-9-58-42-13-12-32-23-37(42)38(45(58)39-25-52-16-14-34(39)28-66-8)24-51(4,5)29-67-50(65)40-11-10-17-59(54-40)48(63)41(21-31-19-35(32)22-36(60)20-31)53-46(61)44(30(2)3)56(7)47(62)33-15-18-57(26-33)49(64)43-27-55(43)6/h12-14,16,19-20,22-23,25,30,33,40-41,43-44,54,60H,9-11,15,17-18,21,24,26-29H2,1-8H3,(H,53,61)/t33-,40-,41-,43+,44?,55?/m0/s1. The van der Waals surface area contributed by atoms with E-state index in [4.69, 9.17) is 9.47 Å². The van der Waals surface area contributed by atoms with E-state index < -0.39 is 47.2 Å². The lowest BCUT2D eigenvalue weighted by atomic mass is 9.84. The van der Waals surface area contributed by atoms with Gasteiger partial charge in [-0.15, -0.1) is 0 Å². The molecule has 0 radical (unpaired) electrons. The van der Waals surface area contributed by atoms with Gasteiger partial charge in [-0.3, -0.25) is 38.9 Å². The van der Waals surface area contributed by atoms with Crippen LogP contribution in [-0.2, 0) is 59.4 Å². The Bertz CT molecular complexity index is 2550. The van der Waals surface area contributed by atoms with Gasteiger partial charge in [0.1, 0.15) is 29.9 Å². The van der Waals surface area contributed by atoms with Crippen molar-refractivity contribution in [2.24, 2.45) is 17.3 Å². The summed E-state index contributed by atoms with van der Waals surface area (Å²) in [6, 6.07) is 10.4. The van der Waals surface area contributed by atoms with E-state index in [0.717, 1.165) is 44.4 Å². The van der Waals surface area contributed by atoms with Crippen molar-refractivity contribution in [3.63, 3.8) is 0 Å². The average molecular weight is 919 g/mol. The van der Waals surface area contributed by atoms with Crippen molar-refractivity contribution in [2.75, 3.05) is 54.0 Å². The summed E-state index contributed by atoms with van der Waals surface area (Å²) in [5, 5.41) is 16.8. The molecule has 2 unspecified atom stereocenters. The quantitative estimate of drug-likeness (QED) is 0.150. The summed E-state index contributed by atoms with van der Waals surface area (Å²) in [6.07, 6.45) is 5.65. The molecule has 3 saturated heterocycles. The van der Waals surface area contributed by atoms with Crippen LogP contribution in [0, 0.1) is 17.3 Å². The molecule has 0 spiro atoms. The van der Waals surface area contributed by atoms with Gasteiger partial charge < -0.3 is 34.3 Å². The van der Waals surface area contributed by atoms with E-state index in [1.54, 1.807) is 37.4 Å². The van der Waals surface area contributed by atoms with Crippen LogP contribution in [-0.4, -0.2) is 142 Å². The highest BCUT2D eigenvalue weighted by atomic mass is 16.5. The zero-order chi connectivity index (χ0) is 47.9. The van der Waals surface area contributed by atoms with E-state index >= 15 is 0 Å². The number of aryl methyl sites for hydroxylation is 1. The smallest absolute Gasteiger partial charge is 0.324 e. The van der Waals surface area contributed by atoms with Crippen molar-refractivity contribution in [3.05, 3.63) is 71.5 Å². The first kappa shape index (κ1) is 47.6. The number of pyridine rings is 1. The number of aromatic hydroxyl groups is 1. The molecule has 8 rings (SSSR count). The second-order valence-electron chi connectivity index (χ2n) is 20.0. The topological polar surface area (TPSA) is 179 Å². The number of hydrogen-bond donors (Lipinski definition) is 3. The molecule has 16 heteroatoms. The first-order valence-corrected chi connectivity index (χ1v) is 23.7. The minimum absolute atomic E-state index is 0.00161. The van der Waals surface area contributed by atoms with Gasteiger partial charge in [-0.05, 0) is 104 Å². The van der Waals surface area contributed by atoms with Crippen LogP contribution in [0.2, 0.25) is 0 Å². The maximum absolute atomic E-state index is 14.7. The number of ether oxygens (including phenoxy) is 2. The van der Waals surface area contributed by atoms with Crippen molar-refractivity contribution in [2.45, 2.75) is 104 Å². The molecule has 4 amide bonds. The van der Waals surface area contributed by atoms with Crippen LogP contribution in [0.3, 0.4) is 0 Å². The molecule has 3 N–H and O–H groups in total. The molecule has 6 atom stereocenters. The molecule has 67 heavy (non-hydrogen) atoms. The molecule has 2 aromatic carbocycles. The van der Waals surface area contributed by atoms with Crippen molar-refractivity contribution in [3.8, 4) is 28.1 Å². The number of hydrazine groups is 1. The van der Waals surface area contributed by atoms with E-state index in [-0.39, 0.29) is 49.1 Å². The van der Waals surface area contributed by atoms with Gasteiger partial charge >= 0.3 is 5.97 Å². The first-order valence-electron chi connectivity index (χ1n) is 23.7. The molecule has 0 aliphatic carbocycles. The molecule has 2 aromatic heterocycles. The van der Waals surface area contributed by atoms with E-state index in [1.807, 2.05) is 50.2 Å². The minimum Gasteiger partial charge on any atom is -0.508 e. The SMILES string of the molecule is CCn1c(-c2cnccc2COC)c2c3cc(ccc31)-c1cc(O)cc(c1)C[C@H](NC(=O)C(C(C)C)N(C)C(=O)[C@H]1CCN(C(=O)[C@H]3CN3C)C1)C(=O)N1CCC[C@H](N1)C(=O)OCC(C)(C)C2. The van der Waals surface area contributed by atoms with Gasteiger partial charge in [0.15, 0.2) is 0 Å². The predicted molar refractivity (Wildman–Crippen MR) is 253 cm³/mol. The molecule has 4 aromatic rings. The van der Waals surface area contributed by atoms with Gasteiger partial charge in [-0.2, -0.15) is 0 Å². The number of methoxy groups -OCH3 is 1. The Morgan fingerprint density at radius 3 is 2.55 bits per heavy atom. The second-order valence-corrected chi connectivity index (χ2v) is 20.0. The monoisotopic (exact) mass is 919 g/mol. The predicted octanol–water partition coefficient (Wildman–Crippen LogP) is 4.54. The van der Waals surface area contributed by atoms with Crippen molar-refractivity contribution in [1.82, 2.24) is 40.0 Å². The third-order valence-corrected chi connectivity index (χ3v) is 14.0. The maximum atomic E-state index is 14.7. The van der Waals surface area contributed by atoms with Gasteiger partial charge in [0.25, 0.3) is 5.91 Å². The summed E-state index contributed by atoms with van der Waals surface area (Å²) < 4.78 is 14.0. The number of benzene rings is 2. The second kappa shape index (κ2) is 19.4. The van der Waals surface area contributed by atoms with Gasteiger partial charge in [0.05, 0.1) is 24.8 Å². The van der Waals surface area contributed by atoms with Gasteiger partial charge in [0.2, 0.25) is 17.7 Å². The highest BCUT2D eigenvalue weighted by Crippen LogP contribution is 2.41. The molecule has 16 nitrogen and oxygen atoms in total. The molecular weight excluding hydrogens is 853 g/mol. The number of rotatable bonds is 10. The number of nitrogens with zero attached hydrogens (tertiary/aromatic N) is 6. The van der Waals surface area contributed by atoms with E-state index in [9.17, 15) is 29.1 Å². The van der Waals surface area contributed by atoms with Crippen molar-refractivity contribution >= 4 is 40.5 Å². The van der Waals surface area contributed by atoms with Gasteiger partial charge in [0, 0.05) is 87.6 Å². The Morgan fingerprint density at radius 2 is 1.84 bits per heavy atom. The number of phenols is 1. The van der Waals surface area contributed by atoms with Crippen molar-refractivity contribution in [1.29, 1.82) is 0 Å². The molecular formula is C51H66N8O8. The first-order chi connectivity index (χ1) is 32.0. The summed E-state index contributed by atoms with van der Waals surface area (Å²) in [5.74, 6) is -2.46. The molecule has 0 saturated carbocycles. The lowest BCUT2D eigenvalue weighted by Gasteiger charge is -2.37. The lowest BCUT2D eigenvalue weighted by Crippen LogP contribution is -2.62. The zero-order valence-electron chi connectivity index (χ0n) is 40.1. The number of likely N-dealkylation sites (tertiary alicyclic amines) is 1. The van der Waals surface area contributed by atoms with E-state index in [0.29, 0.717) is 64.0 Å². The van der Waals surface area contributed by atoms with Crippen LogP contribution < -0.4 is 10.7 Å². The number of nitrogens with one attached hydrogen (secondary N) is 2. The fraction of sp³-hybridized carbons (Fsp3) is 0.529. The maximum Gasteiger partial charge on any atom is 0.324 e. The number of fused-ring (bicyclic) bond motifs is 6. The Hall–Kier alpha value is -5.84. The number of amides is 4. The van der Waals surface area contributed by atoms with Gasteiger partial charge in [-0.1, -0.05) is 39.8 Å². The largest absolute Gasteiger partial charge is 0.508 e. The zero-order valence-corrected chi connectivity index (χ0v) is 40.1. The number of aromatic nitrogens is 2. The van der Waals surface area contributed by atoms with Crippen LogP contribution in [0.5, 0.6) is 5.75 Å². The fourth-order valence-corrected chi connectivity index (χ4v) is 10.4. The number of esters is 1. The third kappa shape index (κ3) is 9.93. The van der Waals surface area contributed by atoms with E-state index in [1.165, 1.54) is 9.91 Å². The molecule has 4 aliphatic heterocycles. The highest BCUT2D eigenvalue weighted by molar-refractivity contribution is 5.96. The van der Waals surface area contributed by atoms with Crippen LogP contribution >= 0.6 is 0 Å². The van der Waals surface area contributed by atoms with Crippen LogP contribution in [0.4, 0.5) is 0 Å². The molecule has 6 bridgehead atoms. The number of likely N-dealkylation sites (N-methyl/N-ethyl adjacent to an activating group) is 2. The van der Waals surface area contributed by atoms with Crippen LogP contribution in [0.1, 0.15) is 70.6 Å². The lowest BCUT2D eigenvalue weighted by molar-refractivity contribution is -0.155. The Labute approximate surface area is 392 Å². The fourth-order valence-electron chi connectivity index (χ4n) is 10.4. The van der Waals surface area contributed by atoms with Crippen LogP contribution in [0.15, 0.2) is 54.9 Å². The number of phenolic OH excluding ortho intramolecular Hbond substituents is 1. The number of hydrogen-bond acceptors (Lipinski definition) is 11.